The van der Waals surface area contributed by atoms with Gasteiger partial charge >= 0.3 is 0 Å². The Labute approximate surface area is 166 Å². The minimum atomic E-state index is -0.264. The molecule has 4 aromatic rings. The Bertz CT molecular complexity index is 1210. The molecule has 2 aromatic carbocycles. The quantitative estimate of drug-likeness (QED) is 0.563. The third kappa shape index (κ3) is 3.46. The topological polar surface area (TPSA) is 64.0 Å². The van der Waals surface area contributed by atoms with Gasteiger partial charge in [-0.3, -0.25) is 14.2 Å². The molecule has 2 heterocycles. The van der Waals surface area contributed by atoms with Gasteiger partial charge in [0.05, 0.1) is 11.7 Å². The van der Waals surface area contributed by atoms with Crippen LogP contribution in [0.4, 0.5) is 5.69 Å². The van der Waals surface area contributed by atoms with E-state index in [9.17, 15) is 9.59 Å². The number of nitrogens with one attached hydrogen (secondary N) is 1. The minimum Gasteiger partial charge on any atom is -0.325 e. The average Bonchev–Trinajstić information content (AvgIpc) is 3.03. The first-order valence-electron chi connectivity index (χ1n) is 8.93. The number of amides is 1. The molecule has 0 radical (unpaired) electrons. The average molecular weight is 389 g/mol. The third-order valence-electron chi connectivity index (χ3n) is 4.57. The molecule has 0 unspecified atom stereocenters. The highest BCUT2D eigenvalue weighted by molar-refractivity contribution is 7.19. The van der Waals surface area contributed by atoms with Crippen molar-refractivity contribution in [3.8, 4) is 11.1 Å². The predicted molar refractivity (Wildman–Crippen MR) is 114 cm³/mol. The number of hydrogen-bond donors (Lipinski definition) is 1. The van der Waals surface area contributed by atoms with Crippen molar-refractivity contribution in [1.82, 2.24) is 9.55 Å². The fraction of sp³-hybridized carbons (Fsp3) is 0.136. The lowest BCUT2D eigenvalue weighted by atomic mass is 10.0. The standard InChI is InChI=1S/C22H19N3O2S/c1-14-8-10-17(11-9-14)24-18(26)12-25-13-23-21-20(22(25)27)19(15(2)28-21)16-6-4-3-5-7-16/h3-11,13H,12H2,1-2H3,(H,24,26). The zero-order valence-electron chi connectivity index (χ0n) is 15.6. The number of fused-ring (bicyclic) bond motifs is 1. The smallest absolute Gasteiger partial charge is 0.263 e. The highest BCUT2D eigenvalue weighted by Gasteiger charge is 2.17. The summed E-state index contributed by atoms with van der Waals surface area (Å²) < 4.78 is 1.37. The van der Waals surface area contributed by atoms with Crippen LogP contribution in [-0.2, 0) is 11.3 Å². The van der Waals surface area contributed by atoms with Crippen LogP contribution >= 0.6 is 11.3 Å². The number of aromatic nitrogens is 2. The van der Waals surface area contributed by atoms with E-state index in [1.807, 2.05) is 68.4 Å². The zero-order valence-corrected chi connectivity index (χ0v) is 16.4. The van der Waals surface area contributed by atoms with Crippen LogP contribution in [0.25, 0.3) is 21.3 Å². The molecule has 0 aliphatic heterocycles. The lowest BCUT2D eigenvalue weighted by molar-refractivity contribution is -0.116. The molecule has 1 amide bonds. The molecule has 1 N–H and O–H groups in total. The van der Waals surface area contributed by atoms with Crippen LogP contribution in [0.5, 0.6) is 0 Å². The molecule has 0 saturated heterocycles. The molecule has 0 fully saturated rings. The molecule has 28 heavy (non-hydrogen) atoms. The summed E-state index contributed by atoms with van der Waals surface area (Å²) in [5.41, 5.74) is 3.49. The second-order valence-electron chi connectivity index (χ2n) is 6.67. The first kappa shape index (κ1) is 18.1. The fourth-order valence-corrected chi connectivity index (χ4v) is 4.20. The molecular weight excluding hydrogens is 370 g/mol. The molecular formula is C22H19N3O2S. The van der Waals surface area contributed by atoms with E-state index < -0.39 is 0 Å². The van der Waals surface area contributed by atoms with E-state index in [4.69, 9.17) is 0 Å². The van der Waals surface area contributed by atoms with Gasteiger partial charge in [0.15, 0.2) is 0 Å². The van der Waals surface area contributed by atoms with E-state index in [0.29, 0.717) is 15.9 Å². The second-order valence-corrected chi connectivity index (χ2v) is 7.87. The molecule has 4 rings (SSSR count). The summed E-state index contributed by atoms with van der Waals surface area (Å²) in [5, 5.41) is 3.39. The van der Waals surface area contributed by atoms with E-state index in [-0.39, 0.29) is 18.0 Å². The van der Waals surface area contributed by atoms with Crippen molar-refractivity contribution >= 4 is 33.1 Å². The number of thiophene rings is 1. The number of anilines is 1. The van der Waals surface area contributed by atoms with Crippen LogP contribution in [0.15, 0.2) is 65.7 Å². The maximum atomic E-state index is 13.1. The Morgan fingerprint density at radius 3 is 2.50 bits per heavy atom. The molecule has 0 spiro atoms. The number of carbonyl (C=O) groups is 1. The van der Waals surface area contributed by atoms with E-state index in [0.717, 1.165) is 21.6 Å². The zero-order chi connectivity index (χ0) is 19.7. The highest BCUT2D eigenvalue weighted by Crippen LogP contribution is 2.35. The van der Waals surface area contributed by atoms with Crippen LogP contribution in [0.2, 0.25) is 0 Å². The van der Waals surface area contributed by atoms with E-state index in [1.165, 1.54) is 22.2 Å². The number of aryl methyl sites for hydroxylation is 2. The number of benzene rings is 2. The molecule has 140 valence electrons. The fourth-order valence-electron chi connectivity index (χ4n) is 3.19. The lowest BCUT2D eigenvalue weighted by Gasteiger charge is -2.08. The van der Waals surface area contributed by atoms with Gasteiger partial charge in [0.2, 0.25) is 5.91 Å². The van der Waals surface area contributed by atoms with E-state index >= 15 is 0 Å². The van der Waals surface area contributed by atoms with Gasteiger partial charge in [-0.15, -0.1) is 11.3 Å². The third-order valence-corrected chi connectivity index (χ3v) is 5.58. The maximum absolute atomic E-state index is 13.1. The van der Waals surface area contributed by atoms with Crippen molar-refractivity contribution < 1.29 is 4.79 Å². The van der Waals surface area contributed by atoms with Crippen LogP contribution in [0.3, 0.4) is 0 Å². The van der Waals surface area contributed by atoms with Crippen LogP contribution < -0.4 is 10.9 Å². The highest BCUT2D eigenvalue weighted by atomic mass is 32.1. The molecule has 0 aliphatic carbocycles. The number of hydrogen-bond acceptors (Lipinski definition) is 4. The van der Waals surface area contributed by atoms with Crippen molar-refractivity contribution in [3.05, 3.63) is 81.7 Å². The Hall–Kier alpha value is -3.25. The van der Waals surface area contributed by atoms with Gasteiger partial charge in [0, 0.05) is 16.1 Å². The Kier molecular flexibility index (Phi) is 4.79. The molecule has 0 saturated carbocycles. The van der Waals surface area contributed by atoms with Crippen LogP contribution in [0.1, 0.15) is 10.4 Å². The molecule has 0 aliphatic rings. The largest absolute Gasteiger partial charge is 0.325 e. The minimum absolute atomic E-state index is 0.0845. The first-order valence-corrected chi connectivity index (χ1v) is 9.75. The van der Waals surface area contributed by atoms with Gasteiger partial charge in [-0.25, -0.2) is 4.98 Å². The van der Waals surface area contributed by atoms with Gasteiger partial charge < -0.3 is 5.32 Å². The van der Waals surface area contributed by atoms with Gasteiger partial charge in [-0.2, -0.15) is 0 Å². The van der Waals surface area contributed by atoms with Gasteiger partial charge in [0.1, 0.15) is 11.4 Å². The Morgan fingerprint density at radius 1 is 1.07 bits per heavy atom. The lowest BCUT2D eigenvalue weighted by Crippen LogP contribution is -2.27. The first-order chi connectivity index (χ1) is 13.5. The normalized spacial score (nSPS) is 10.9. The molecule has 0 bridgehead atoms. The SMILES string of the molecule is Cc1ccc(NC(=O)Cn2cnc3sc(C)c(-c4ccccc4)c3c2=O)cc1. The van der Waals surface area contributed by atoms with Crippen molar-refractivity contribution in [2.45, 2.75) is 20.4 Å². The summed E-state index contributed by atoms with van der Waals surface area (Å²) in [7, 11) is 0. The summed E-state index contributed by atoms with van der Waals surface area (Å²) >= 11 is 1.49. The van der Waals surface area contributed by atoms with Crippen molar-refractivity contribution in [2.75, 3.05) is 5.32 Å². The van der Waals surface area contributed by atoms with Crippen molar-refractivity contribution in [2.24, 2.45) is 0 Å². The summed E-state index contributed by atoms with van der Waals surface area (Å²) in [4.78, 5) is 31.7. The monoisotopic (exact) mass is 389 g/mol. The maximum Gasteiger partial charge on any atom is 0.263 e. The molecule has 2 aromatic heterocycles. The number of nitrogens with zero attached hydrogens (tertiary/aromatic N) is 2. The second kappa shape index (κ2) is 7.40. The Balaban J connectivity index is 1.69. The van der Waals surface area contributed by atoms with Crippen LogP contribution in [0, 0.1) is 13.8 Å². The van der Waals surface area contributed by atoms with Gasteiger partial charge in [-0.1, -0.05) is 48.0 Å². The molecule has 6 heteroatoms. The van der Waals surface area contributed by atoms with Crippen molar-refractivity contribution in [3.63, 3.8) is 0 Å². The summed E-state index contributed by atoms with van der Waals surface area (Å²) in [6, 6.07) is 17.3. The number of carbonyl (C=O) groups excluding carboxylic acids is 1. The summed E-state index contributed by atoms with van der Waals surface area (Å²) in [5.74, 6) is -0.264. The van der Waals surface area contributed by atoms with Gasteiger partial charge in [-0.05, 0) is 31.5 Å². The summed E-state index contributed by atoms with van der Waals surface area (Å²) in [6.45, 7) is 3.89. The van der Waals surface area contributed by atoms with Crippen molar-refractivity contribution in [1.29, 1.82) is 0 Å². The van der Waals surface area contributed by atoms with E-state index in [1.54, 1.807) is 0 Å². The predicted octanol–water partition coefficient (Wildman–Crippen LogP) is 4.38. The van der Waals surface area contributed by atoms with Gasteiger partial charge in [0.25, 0.3) is 5.56 Å². The summed E-state index contributed by atoms with van der Waals surface area (Å²) in [6.07, 6.45) is 1.45. The van der Waals surface area contributed by atoms with E-state index in [2.05, 4.69) is 10.3 Å². The molecule has 0 atom stereocenters. The van der Waals surface area contributed by atoms with Crippen LogP contribution in [-0.4, -0.2) is 15.5 Å². The molecule has 5 nitrogen and oxygen atoms in total. The number of rotatable bonds is 4. The Morgan fingerprint density at radius 2 is 1.79 bits per heavy atom.